The highest BCUT2D eigenvalue weighted by atomic mass is 32.1. The Hall–Kier alpha value is -2.30. The lowest BCUT2D eigenvalue weighted by atomic mass is 10.1. The zero-order chi connectivity index (χ0) is 16.8. The number of nitrogens with one attached hydrogen (secondary N) is 1. The summed E-state index contributed by atoms with van der Waals surface area (Å²) in [5.74, 6) is 6.75. The Bertz CT molecular complexity index is 880. The van der Waals surface area contributed by atoms with Crippen molar-refractivity contribution in [3.8, 4) is 17.6 Å². The van der Waals surface area contributed by atoms with Crippen LogP contribution in [0, 0.1) is 11.8 Å². The van der Waals surface area contributed by atoms with Crippen LogP contribution in [0.25, 0.3) is 10.2 Å². The number of aliphatic hydroxyl groups is 1. The highest BCUT2D eigenvalue weighted by Crippen LogP contribution is 2.39. The van der Waals surface area contributed by atoms with Crippen LogP contribution in [0.4, 0.5) is 9.93 Å². The minimum atomic E-state index is -0.697. The Balaban J connectivity index is 1.80. The molecule has 2 aliphatic rings. The van der Waals surface area contributed by atoms with Gasteiger partial charge in [0.15, 0.2) is 5.13 Å². The van der Waals surface area contributed by atoms with Gasteiger partial charge in [0, 0.05) is 12.0 Å². The summed E-state index contributed by atoms with van der Waals surface area (Å²) in [6.45, 7) is 4.05. The van der Waals surface area contributed by atoms with Gasteiger partial charge in [-0.2, -0.15) is 0 Å². The first kappa shape index (κ1) is 15.2. The number of benzene rings is 1. The molecule has 2 aliphatic heterocycles. The molecule has 3 atom stereocenters. The van der Waals surface area contributed by atoms with Crippen molar-refractivity contribution in [2.75, 3.05) is 11.5 Å². The van der Waals surface area contributed by atoms with E-state index in [9.17, 15) is 9.90 Å². The molecule has 2 N–H and O–H groups in total. The maximum absolute atomic E-state index is 12.5. The predicted molar refractivity (Wildman–Crippen MR) is 92.5 cm³/mol. The van der Waals surface area contributed by atoms with E-state index in [0.29, 0.717) is 11.7 Å². The van der Waals surface area contributed by atoms with Gasteiger partial charge in [0.25, 0.3) is 0 Å². The molecule has 2 aromatic rings. The lowest BCUT2D eigenvalue weighted by molar-refractivity contribution is 0.153. The van der Waals surface area contributed by atoms with E-state index in [-0.39, 0.29) is 6.03 Å². The van der Waals surface area contributed by atoms with Gasteiger partial charge in [-0.25, -0.2) is 9.78 Å². The van der Waals surface area contributed by atoms with Gasteiger partial charge in [-0.1, -0.05) is 17.3 Å². The summed E-state index contributed by atoms with van der Waals surface area (Å²) in [6, 6.07) is 2.78. The molecule has 1 aromatic heterocycles. The zero-order valence-electron chi connectivity index (χ0n) is 13.4. The van der Waals surface area contributed by atoms with E-state index < -0.39 is 18.2 Å². The standard InChI is InChI=1S/C17H17N3O3S/c1-3-4-11-14(9(2)21)18-16(22)20(11)17-19-15-10-7-8-23-12(10)5-6-13(15)24-17/h5-6,9,11,14,21H,7-8H2,1-2H3,(H,18,22)/t9-,11+,14+/m1/s1. The Labute approximate surface area is 143 Å². The van der Waals surface area contributed by atoms with E-state index in [1.54, 1.807) is 18.7 Å². The first-order valence-electron chi connectivity index (χ1n) is 7.85. The number of hydrogen-bond acceptors (Lipinski definition) is 5. The molecule has 6 nitrogen and oxygen atoms in total. The molecular formula is C17H17N3O3S. The second-order valence-corrected chi connectivity index (χ2v) is 6.92. The highest BCUT2D eigenvalue weighted by Gasteiger charge is 2.43. The molecule has 0 radical (unpaired) electrons. The summed E-state index contributed by atoms with van der Waals surface area (Å²) in [4.78, 5) is 18.7. The third kappa shape index (κ3) is 2.22. The number of carbonyl (C=O) groups is 1. The molecule has 0 unspecified atom stereocenters. The van der Waals surface area contributed by atoms with Gasteiger partial charge in [-0.15, -0.1) is 5.92 Å². The van der Waals surface area contributed by atoms with Crippen LogP contribution in [0.2, 0.25) is 0 Å². The van der Waals surface area contributed by atoms with Gasteiger partial charge in [0.1, 0.15) is 11.8 Å². The molecule has 0 aliphatic carbocycles. The maximum atomic E-state index is 12.5. The van der Waals surface area contributed by atoms with Gasteiger partial charge in [0.2, 0.25) is 0 Å². The number of fused-ring (bicyclic) bond motifs is 3. The Morgan fingerprint density at radius 2 is 2.38 bits per heavy atom. The molecule has 2 amide bonds. The van der Waals surface area contributed by atoms with Gasteiger partial charge in [-0.05, 0) is 26.0 Å². The Kier molecular flexibility index (Phi) is 3.59. The molecule has 0 bridgehead atoms. The van der Waals surface area contributed by atoms with E-state index in [4.69, 9.17) is 9.72 Å². The van der Waals surface area contributed by atoms with Crippen LogP contribution >= 0.6 is 11.3 Å². The normalized spacial score (nSPS) is 23.5. The van der Waals surface area contributed by atoms with Gasteiger partial charge in [-0.3, -0.25) is 4.90 Å². The molecule has 3 heterocycles. The molecule has 124 valence electrons. The monoisotopic (exact) mass is 343 g/mol. The third-order valence-corrected chi connectivity index (χ3v) is 5.39. The minimum absolute atomic E-state index is 0.277. The fourth-order valence-electron chi connectivity index (χ4n) is 3.23. The SMILES string of the molecule is CC#C[C@H]1[C@H]([C@@H](C)O)NC(=O)N1c1nc2c3c(ccc2s1)OCC3. The van der Waals surface area contributed by atoms with E-state index >= 15 is 0 Å². The largest absolute Gasteiger partial charge is 0.493 e. The topological polar surface area (TPSA) is 74.7 Å². The maximum Gasteiger partial charge on any atom is 0.325 e. The molecule has 24 heavy (non-hydrogen) atoms. The fourth-order valence-corrected chi connectivity index (χ4v) is 4.26. The predicted octanol–water partition coefficient (Wildman–Crippen LogP) is 1.90. The van der Waals surface area contributed by atoms with Crippen molar-refractivity contribution >= 4 is 32.7 Å². The summed E-state index contributed by atoms with van der Waals surface area (Å²) in [5.41, 5.74) is 1.99. The number of nitrogens with zero attached hydrogens (tertiary/aromatic N) is 2. The number of anilines is 1. The molecule has 1 aromatic carbocycles. The van der Waals surface area contributed by atoms with E-state index in [2.05, 4.69) is 17.2 Å². The quantitative estimate of drug-likeness (QED) is 0.817. The summed E-state index contributed by atoms with van der Waals surface area (Å²) < 4.78 is 6.61. The van der Waals surface area contributed by atoms with Gasteiger partial charge in [0.05, 0.1) is 29.0 Å². The molecule has 0 spiro atoms. The van der Waals surface area contributed by atoms with Crippen LogP contribution < -0.4 is 15.0 Å². The average Bonchev–Trinajstić information content (AvgIpc) is 3.22. The second kappa shape index (κ2) is 5.65. The number of urea groups is 1. The number of ether oxygens (including phenoxy) is 1. The zero-order valence-corrected chi connectivity index (χ0v) is 14.2. The summed E-state index contributed by atoms with van der Waals surface area (Å²) in [5, 5.41) is 13.4. The molecule has 4 rings (SSSR count). The molecular weight excluding hydrogens is 326 g/mol. The number of rotatable bonds is 2. The van der Waals surface area contributed by atoms with Gasteiger partial charge >= 0.3 is 6.03 Å². The number of aromatic nitrogens is 1. The number of carbonyl (C=O) groups excluding carboxylic acids is 1. The van der Waals surface area contributed by atoms with Crippen LogP contribution in [-0.2, 0) is 6.42 Å². The lowest BCUT2D eigenvalue weighted by Gasteiger charge is -2.21. The first-order valence-corrected chi connectivity index (χ1v) is 8.67. The van der Waals surface area contributed by atoms with E-state index in [0.717, 1.165) is 28.0 Å². The van der Waals surface area contributed by atoms with Crippen molar-refractivity contribution in [3.05, 3.63) is 17.7 Å². The van der Waals surface area contributed by atoms with Crippen molar-refractivity contribution in [2.45, 2.75) is 38.5 Å². The minimum Gasteiger partial charge on any atom is -0.493 e. The average molecular weight is 343 g/mol. The van der Waals surface area contributed by atoms with Gasteiger partial charge < -0.3 is 15.2 Å². The summed E-state index contributed by atoms with van der Waals surface area (Å²) >= 11 is 1.46. The number of hydrogen-bond donors (Lipinski definition) is 2. The van der Waals surface area contributed by atoms with Crippen LogP contribution in [0.15, 0.2) is 12.1 Å². The van der Waals surface area contributed by atoms with Crippen molar-refractivity contribution in [3.63, 3.8) is 0 Å². The second-order valence-electron chi connectivity index (χ2n) is 5.91. The highest BCUT2D eigenvalue weighted by molar-refractivity contribution is 7.22. The van der Waals surface area contributed by atoms with Crippen molar-refractivity contribution < 1.29 is 14.6 Å². The molecule has 1 fully saturated rings. The number of amides is 2. The molecule has 7 heteroatoms. The van der Waals surface area contributed by atoms with Crippen LogP contribution in [0.3, 0.4) is 0 Å². The van der Waals surface area contributed by atoms with Crippen molar-refractivity contribution in [1.82, 2.24) is 10.3 Å². The van der Waals surface area contributed by atoms with E-state index in [1.807, 2.05) is 12.1 Å². The Morgan fingerprint density at radius 1 is 1.54 bits per heavy atom. The summed E-state index contributed by atoms with van der Waals surface area (Å²) in [7, 11) is 0. The molecule has 0 saturated carbocycles. The van der Waals surface area contributed by atoms with Crippen LogP contribution in [-0.4, -0.2) is 40.9 Å². The van der Waals surface area contributed by atoms with Crippen molar-refractivity contribution in [1.29, 1.82) is 0 Å². The number of aliphatic hydroxyl groups excluding tert-OH is 1. The fraction of sp³-hybridized carbons (Fsp3) is 0.412. The molecule has 1 saturated heterocycles. The Morgan fingerprint density at radius 3 is 3.12 bits per heavy atom. The number of thiazole rings is 1. The smallest absolute Gasteiger partial charge is 0.325 e. The third-order valence-electron chi connectivity index (χ3n) is 4.37. The lowest BCUT2D eigenvalue weighted by Crippen LogP contribution is -2.42. The van der Waals surface area contributed by atoms with Crippen LogP contribution in [0.5, 0.6) is 5.75 Å². The van der Waals surface area contributed by atoms with Crippen molar-refractivity contribution in [2.24, 2.45) is 0 Å². The van der Waals surface area contributed by atoms with Crippen LogP contribution in [0.1, 0.15) is 19.4 Å². The first-order chi connectivity index (χ1) is 11.6. The summed E-state index contributed by atoms with van der Waals surface area (Å²) in [6.07, 6.45) is 0.133. The van der Waals surface area contributed by atoms with E-state index in [1.165, 1.54) is 11.3 Å².